The zero-order valence-corrected chi connectivity index (χ0v) is 13.6. The van der Waals surface area contributed by atoms with Crippen molar-refractivity contribution >= 4 is 33.0 Å². The molecule has 0 unspecified atom stereocenters. The van der Waals surface area contributed by atoms with Crippen molar-refractivity contribution in [3.63, 3.8) is 0 Å². The smallest absolute Gasteiger partial charge is 0.238 e. The second-order valence-corrected chi connectivity index (χ2v) is 7.99. The third-order valence-electron chi connectivity index (χ3n) is 3.60. The minimum Gasteiger partial charge on any atom is -0.324 e. The van der Waals surface area contributed by atoms with Crippen molar-refractivity contribution in [1.82, 2.24) is 4.90 Å². The maximum Gasteiger partial charge on any atom is 0.238 e. The summed E-state index contributed by atoms with van der Waals surface area (Å²) in [6, 6.07) is 6.45. The summed E-state index contributed by atoms with van der Waals surface area (Å²) in [7, 11) is -1.27. The van der Waals surface area contributed by atoms with Gasteiger partial charge in [-0.3, -0.25) is 9.69 Å². The van der Waals surface area contributed by atoms with Gasteiger partial charge in [-0.25, -0.2) is 8.42 Å². The summed E-state index contributed by atoms with van der Waals surface area (Å²) in [5.74, 6) is -0.0704. The van der Waals surface area contributed by atoms with E-state index in [9.17, 15) is 13.2 Å². The van der Waals surface area contributed by atoms with Crippen LogP contribution in [0.3, 0.4) is 0 Å². The summed E-state index contributed by atoms with van der Waals surface area (Å²) in [5.41, 5.74) is 0.677. The van der Waals surface area contributed by atoms with Crippen LogP contribution in [0.4, 0.5) is 5.69 Å². The Kier molecular flexibility index (Phi) is 5.06. The standard InChI is InChI=1S/C14H16ClN3O3S/c1-18(12-4-5-22(20,21)9-12)8-14(19)17-13-6-11(15)3-2-10(13)7-16/h2-3,6,12H,4-5,8-9H2,1H3,(H,17,19)/t12-/m0/s1. The molecule has 2 rings (SSSR count). The normalized spacial score (nSPS) is 19.8. The molecule has 1 aliphatic rings. The fourth-order valence-corrected chi connectivity index (χ4v) is 4.36. The second kappa shape index (κ2) is 6.65. The fraction of sp³-hybridized carbons (Fsp3) is 0.429. The molecule has 0 radical (unpaired) electrons. The minimum atomic E-state index is -2.99. The van der Waals surface area contributed by atoms with E-state index in [0.29, 0.717) is 22.7 Å². The van der Waals surface area contributed by atoms with E-state index in [1.54, 1.807) is 18.0 Å². The third kappa shape index (κ3) is 4.19. The third-order valence-corrected chi connectivity index (χ3v) is 5.59. The van der Waals surface area contributed by atoms with Gasteiger partial charge in [0.25, 0.3) is 0 Å². The van der Waals surface area contributed by atoms with E-state index in [1.165, 1.54) is 12.1 Å². The van der Waals surface area contributed by atoms with E-state index in [0.717, 1.165) is 0 Å². The maximum atomic E-state index is 12.1. The van der Waals surface area contributed by atoms with Gasteiger partial charge in [0, 0.05) is 11.1 Å². The summed E-state index contributed by atoms with van der Waals surface area (Å²) < 4.78 is 22.9. The van der Waals surface area contributed by atoms with E-state index < -0.39 is 9.84 Å². The van der Waals surface area contributed by atoms with Gasteiger partial charge in [0.05, 0.1) is 29.3 Å². The van der Waals surface area contributed by atoms with Crippen LogP contribution in [0.1, 0.15) is 12.0 Å². The largest absolute Gasteiger partial charge is 0.324 e. The number of sulfone groups is 1. The topological polar surface area (TPSA) is 90.3 Å². The average molecular weight is 342 g/mol. The molecule has 1 amide bonds. The molecule has 0 spiro atoms. The number of carbonyl (C=O) groups excluding carboxylic acids is 1. The van der Waals surface area contributed by atoms with Gasteiger partial charge in [0.1, 0.15) is 6.07 Å². The lowest BCUT2D eigenvalue weighted by Gasteiger charge is -2.22. The van der Waals surface area contributed by atoms with Gasteiger partial charge in [-0.05, 0) is 31.7 Å². The fourth-order valence-electron chi connectivity index (χ4n) is 2.39. The molecular formula is C14H16ClN3O3S. The number of nitriles is 1. The molecule has 1 aromatic rings. The highest BCUT2D eigenvalue weighted by atomic mass is 35.5. The molecular weight excluding hydrogens is 326 g/mol. The van der Waals surface area contributed by atoms with E-state index in [2.05, 4.69) is 5.32 Å². The molecule has 1 aliphatic heterocycles. The van der Waals surface area contributed by atoms with Crippen LogP contribution in [0.25, 0.3) is 0 Å². The molecule has 1 fully saturated rings. The molecule has 0 bridgehead atoms. The van der Waals surface area contributed by atoms with Crippen molar-refractivity contribution in [3.05, 3.63) is 28.8 Å². The highest BCUT2D eigenvalue weighted by Crippen LogP contribution is 2.21. The van der Waals surface area contributed by atoms with Gasteiger partial charge in [-0.15, -0.1) is 0 Å². The molecule has 0 aromatic heterocycles. The SMILES string of the molecule is CN(CC(=O)Nc1cc(Cl)ccc1C#N)[C@H]1CCS(=O)(=O)C1. The monoisotopic (exact) mass is 341 g/mol. The molecule has 1 atom stereocenters. The van der Waals surface area contributed by atoms with E-state index in [-0.39, 0.29) is 30.0 Å². The lowest BCUT2D eigenvalue weighted by atomic mass is 10.2. The Hall–Kier alpha value is -1.62. The van der Waals surface area contributed by atoms with Crippen LogP contribution in [0.15, 0.2) is 18.2 Å². The van der Waals surface area contributed by atoms with Gasteiger partial charge < -0.3 is 5.32 Å². The highest BCUT2D eigenvalue weighted by molar-refractivity contribution is 7.91. The molecule has 0 saturated carbocycles. The maximum absolute atomic E-state index is 12.1. The lowest BCUT2D eigenvalue weighted by molar-refractivity contribution is -0.117. The number of rotatable bonds is 4. The Labute approximate surface area is 134 Å². The first-order chi connectivity index (χ1) is 10.3. The molecule has 118 valence electrons. The summed E-state index contributed by atoms with van der Waals surface area (Å²) in [4.78, 5) is 13.8. The summed E-state index contributed by atoms with van der Waals surface area (Å²) >= 11 is 5.86. The molecule has 1 N–H and O–H groups in total. The van der Waals surface area contributed by atoms with Crippen molar-refractivity contribution in [2.24, 2.45) is 0 Å². The molecule has 1 heterocycles. The van der Waals surface area contributed by atoms with E-state index >= 15 is 0 Å². The Balaban J connectivity index is 1.99. The highest BCUT2D eigenvalue weighted by Gasteiger charge is 2.31. The molecule has 0 aliphatic carbocycles. The number of halogens is 1. The average Bonchev–Trinajstić information content (AvgIpc) is 2.79. The van der Waals surface area contributed by atoms with Crippen LogP contribution in [0.5, 0.6) is 0 Å². The molecule has 1 aromatic carbocycles. The summed E-state index contributed by atoms with van der Waals surface area (Å²) in [5, 5.41) is 12.1. The van der Waals surface area contributed by atoms with E-state index in [1.807, 2.05) is 6.07 Å². The van der Waals surface area contributed by atoms with Crippen molar-refractivity contribution in [1.29, 1.82) is 5.26 Å². The Morgan fingerprint density at radius 3 is 2.86 bits per heavy atom. The number of nitrogens with one attached hydrogen (secondary N) is 1. The Morgan fingerprint density at radius 1 is 1.55 bits per heavy atom. The van der Waals surface area contributed by atoms with Gasteiger partial charge in [0.15, 0.2) is 9.84 Å². The number of benzene rings is 1. The number of nitrogens with zero attached hydrogens (tertiary/aromatic N) is 2. The van der Waals surface area contributed by atoms with Gasteiger partial charge in [-0.1, -0.05) is 11.6 Å². The molecule has 1 saturated heterocycles. The lowest BCUT2D eigenvalue weighted by Crippen LogP contribution is -2.38. The number of amides is 1. The van der Waals surface area contributed by atoms with E-state index in [4.69, 9.17) is 16.9 Å². The van der Waals surface area contributed by atoms with Crippen LogP contribution in [-0.2, 0) is 14.6 Å². The van der Waals surface area contributed by atoms with Crippen molar-refractivity contribution in [2.45, 2.75) is 12.5 Å². The van der Waals surface area contributed by atoms with Crippen molar-refractivity contribution in [3.8, 4) is 6.07 Å². The summed E-state index contributed by atoms with van der Waals surface area (Å²) in [6.45, 7) is 0.0531. The zero-order valence-electron chi connectivity index (χ0n) is 12.0. The first-order valence-electron chi connectivity index (χ1n) is 6.71. The predicted octanol–water partition coefficient (Wildman–Crippen LogP) is 1.27. The van der Waals surface area contributed by atoms with Crippen molar-refractivity contribution < 1.29 is 13.2 Å². The number of hydrogen-bond acceptors (Lipinski definition) is 5. The first kappa shape index (κ1) is 16.7. The van der Waals surface area contributed by atoms with Gasteiger partial charge in [-0.2, -0.15) is 5.26 Å². The number of anilines is 1. The van der Waals surface area contributed by atoms with Gasteiger partial charge >= 0.3 is 0 Å². The molecule has 8 heteroatoms. The number of likely N-dealkylation sites (N-methyl/N-ethyl adjacent to an activating group) is 1. The first-order valence-corrected chi connectivity index (χ1v) is 8.91. The second-order valence-electron chi connectivity index (χ2n) is 5.32. The number of carbonyl (C=O) groups is 1. The minimum absolute atomic E-state index is 0.0531. The van der Waals surface area contributed by atoms with Crippen LogP contribution in [0.2, 0.25) is 5.02 Å². The number of hydrogen-bond donors (Lipinski definition) is 1. The summed E-state index contributed by atoms with van der Waals surface area (Å²) in [6.07, 6.45) is 0.534. The van der Waals surface area contributed by atoms with Crippen LogP contribution in [0, 0.1) is 11.3 Å². The quantitative estimate of drug-likeness (QED) is 0.890. The predicted molar refractivity (Wildman–Crippen MR) is 84.5 cm³/mol. The van der Waals surface area contributed by atoms with Crippen LogP contribution in [-0.4, -0.2) is 50.4 Å². The van der Waals surface area contributed by atoms with Crippen molar-refractivity contribution in [2.75, 3.05) is 30.4 Å². The molecule has 22 heavy (non-hydrogen) atoms. The Bertz CT molecular complexity index is 727. The Morgan fingerprint density at radius 2 is 2.27 bits per heavy atom. The van der Waals surface area contributed by atoms with Crippen LogP contribution < -0.4 is 5.32 Å². The molecule has 6 nitrogen and oxygen atoms in total. The van der Waals surface area contributed by atoms with Gasteiger partial charge in [0.2, 0.25) is 5.91 Å². The van der Waals surface area contributed by atoms with Crippen LogP contribution >= 0.6 is 11.6 Å². The zero-order chi connectivity index (χ0) is 16.3.